The lowest BCUT2D eigenvalue weighted by atomic mass is 9.99. The molecular weight excluding hydrogens is 392 g/mol. The number of hydrogen-bond donors (Lipinski definition) is 1. The largest absolute Gasteiger partial charge is 0.490 e. The number of hydrogen-bond acceptors (Lipinski definition) is 7. The number of pyridine rings is 1. The Morgan fingerprint density at radius 3 is 2.69 bits per heavy atom. The fourth-order valence-electron chi connectivity index (χ4n) is 3.45. The van der Waals surface area contributed by atoms with E-state index in [0.29, 0.717) is 36.4 Å². The van der Waals surface area contributed by atoms with Gasteiger partial charge in [-0.2, -0.15) is 4.98 Å². The summed E-state index contributed by atoms with van der Waals surface area (Å²) in [5, 5.41) is 4.13. The van der Waals surface area contributed by atoms with Crippen LogP contribution in [0.15, 0.2) is 47.2 Å². The van der Waals surface area contributed by atoms with Gasteiger partial charge in [0.1, 0.15) is 6.61 Å². The van der Waals surface area contributed by atoms with Gasteiger partial charge in [0.2, 0.25) is 0 Å². The molecular formula is C21H25ClN4O3. The zero-order valence-corrected chi connectivity index (χ0v) is 17.2. The van der Waals surface area contributed by atoms with Gasteiger partial charge < -0.3 is 19.7 Å². The summed E-state index contributed by atoms with van der Waals surface area (Å²) in [6, 6.07) is 9.45. The molecule has 3 aromatic rings. The standard InChI is InChI=1S/C21H24N4O3.ClH/c1-2-26-18-12-16(7-8-17(18)27-14-15-6-5-11-23-13-15)19-24-20(25-28-19)21(22)9-3-4-10-21;/h5-8,11-13H,2-4,9-10,14,22H2,1H3;1H. The van der Waals surface area contributed by atoms with E-state index in [-0.39, 0.29) is 12.4 Å². The quantitative estimate of drug-likeness (QED) is 0.614. The van der Waals surface area contributed by atoms with Crippen LogP contribution >= 0.6 is 12.4 Å². The Bertz CT molecular complexity index is 927. The second-order valence-corrected chi connectivity index (χ2v) is 7.03. The number of halogens is 1. The van der Waals surface area contributed by atoms with E-state index in [2.05, 4.69) is 15.1 Å². The number of nitrogens with two attached hydrogens (primary N) is 1. The van der Waals surface area contributed by atoms with Crippen LogP contribution < -0.4 is 15.2 Å². The first-order chi connectivity index (χ1) is 13.7. The molecule has 0 radical (unpaired) electrons. The molecule has 8 heteroatoms. The summed E-state index contributed by atoms with van der Waals surface area (Å²) in [6.45, 7) is 2.86. The summed E-state index contributed by atoms with van der Waals surface area (Å²) < 4.78 is 17.2. The molecule has 0 saturated heterocycles. The molecule has 7 nitrogen and oxygen atoms in total. The van der Waals surface area contributed by atoms with E-state index in [1.54, 1.807) is 12.4 Å². The van der Waals surface area contributed by atoms with E-state index in [9.17, 15) is 0 Å². The fraction of sp³-hybridized carbons (Fsp3) is 0.381. The minimum Gasteiger partial charge on any atom is -0.490 e. The maximum Gasteiger partial charge on any atom is 0.258 e. The normalized spacial score (nSPS) is 15.0. The van der Waals surface area contributed by atoms with Gasteiger partial charge in [0.25, 0.3) is 5.89 Å². The topological polar surface area (TPSA) is 96.3 Å². The SMILES string of the molecule is CCOc1cc(-c2nc(C3(N)CCCC3)no2)ccc1OCc1cccnc1.Cl. The Morgan fingerprint density at radius 1 is 1.14 bits per heavy atom. The van der Waals surface area contributed by atoms with Crippen LogP contribution in [-0.2, 0) is 12.1 Å². The fourth-order valence-corrected chi connectivity index (χ4v) is 3.45. The monoisotopic (exact) mass is 416 g/mol. The average molecular weight is 417 g/mol. The van der Waals surface area contributed by atoms with Gasteiger partial charge in [0, 0.05) is 23.5 Å². The van der Waals surface area contributed by atoms with Gasteiger partial charge >= 0.3 is 0 Å². The van der Waals surface area contributed by atoms with Crippen molar-refractivity contribution >= 4 is 12.4 Å². The van der Waals surface area contributed by atoms with Crippen molar-refractivity contribution in [2.45, 2.75) is 44.8 Å². The van der Waals surface area contributed by atoms with E-state index < -0.39 is 5.54 Å². The highest BCUT2D eigenvalue weighted by atomic mass is 35.5. The van der Waals surface area contributed by atoms with Crippen LogP contribution in [0.5, 0.6) is 11.5 Å². The Balaban J connectivity index is 0.00000240. The summed E-state index contributed by atoms with van der Waals surface area (Å²) in [5.41, 5.74) is 7.72. The lowest BCUT2D eigenvalue weighted by Crippen LogP contribution is -2.34. The summed E-state index contributed by atoms with van der Waals surface area (Å²) in [4.78, 5) is 8.65. The van der Waals surface area contributed by atoms with Crippen molar-refractivity contribution in [3.8, 4) is 23.0 Å². The van der Waals surface area contributed by atoms with Crippen molar-refractivity contribution in [3.05, 3.63) is 54.1 Å². The average Bonchev–Trinajstić information content (AvgIpc) is 3.38. The maximum absolute atomic E-state index is 6.43. The molecule has 2 N–H and O–H groups in total. The number of nitrogens with zero attached hydrogens (tertiary/aromatic N) is 3. The van der Waals surface area contributed by atoms with Crippen molar-refractivity contribution in [1.29, 1.82) is 0 Å². The van der Waals surface area contributed by atoms with E-state index in [1.807, 2.05) is 37.3 Å². The molecule has 0 amide bonds. The predicted molar refractivity (Wildman–Crippen MR) is 111 cm³/mol. The van der Waals surface area contributed by atoms with E-state index in [1.165, 1.54) is 0 Å². The molecule has 1 aliphatic rings. The van der Waals surface area contributed by atoms with Crippen molar-refractivity contribution in [2.75, 3.05) is 6.61 Å². The number of aromatic nitrogens is 3. The van der Waals surface area contributed by atoms with Crippen molar-refractivity contribution in [3.63, 3.8) is 0 Å². The molecule has 0 atom stereocenters. The molecule has 2 heterocycles. The number of rotatable bonds is 7. The summed E-state index contributed by atoms with van der Waals surface area (Å²) in [7, 11) is 0. The lowest BCUT2D eigenvalue weighted by molar-refractivity contribution is 0.269. The highest BCUT2D eigenvalue weighted by molar-refractivity contribution is 5.85. The Morgan fingerprint density at radius 2 is 1.97 bits per heavy atom. The van der Waals surface area contributed by atoms with E-state index >= 15 is 0 Å². The van der Waals surface area contributed by atoms with Crippen LogP contribution in [-0.4, -0.2) is 21.7 Å². The molecule has 1 fully saturated rings. The van der Waals surface area contributed by atoms with E-state index in [0.717, 1.165) is 36.8 Å². The number of ether oxygens (including phenoxy) is 2. The van der Waals surface area contributed by atoms with Crippen molar-refractivity contribution in [2.24, 2.45) is 5.73 Å². The highest BCUT2D eigenvalue weighted by Gasteiger charge is 2.36. The Kier molecular flexibility index (Phi) is 6.71. The first kappa shape index (κ1) is 21.1. The summed E-state index contributed by atoms with van der Waals surface area (Å²) >= 11 is 0. The molecule has 4 rings (SSSR count). The molecule has 0 unspecified atom stereocenters. The smallest absolute Gasteiger partial charge is 0.258 e. The van der Waals surface area contributed by atoms with Gasteiger partial charge in [0.05, 0.1) is 12.1 Å². The second kappa shape index (κ2) is 9.24. The molecule has 2 aromatic heterocycles. The zero-order valence-electron chi connectivity index (χ0n) is 16.3. The molecule has 0 aliphatic heterocycles. The third kappa shape index (κ3) is 4.68. The van der Waals surface area contributed by atoms with Crippen molar-refractivity contribution in [1.82, 2.24) is 15.1 Å². The minimum atomic E-state index is -0.475. The molecule has 29 heavy (non-hydrogen) atoms. The zero-order chi connectivity index (χ0) is 19.4. The highest BCUT2D eigenvalue weighted by Crippen LogP contribution is 2.37. The molecule has 0 bridgehead atoms. The third-order valence-corrected chi connectivity index (χ3v) is 4.97. The molecule has 1 saturated carbocycles. The summed E-state index contributed by atoms with van der Waals surface area (Å²) in [5.74, 6) is 2.30. The molecule has 154 valence electrons. The first-order valence-corrected chi connectivity index (χ1v) is 9.60. The van der Waals surface area contributed by atoms with Gasteiger partial charge in [-0.3, -0.25) is 4.98 Å². The minimum absolute atomic E-state index is 0. The van der Waals surface area contributed by atoms with Gasteiger partial charge in [-0.15, -0.1) is 12.4 Å². The maximum atomic E-state index is 6.43. The lowest BCUT2D eigenvalue weighted by Gasteiger charge is -2.17. The summed E-state index contributed by atoms with van der Waals surface area (Å²) in [6.07, 6.45) is 7.48. The second-order valence-electron chi connectivity index (χ2n) is 7.03. The van der Waals surface area contributed by atoms with Gasteiger partial charge in [0.15, 0.2) is 17.3 Å². The van der Waals surface area contributed by atoms with Crippen LogP contribution in [0.1, 0.15) is 44.0 Å². The van der Waals surface area contributed by atoms with E-state index in [4.69, 9.17) is 19.7 Å². The predicted octanol–water partition coefficient (Wildman–Crippen LogP) is 4.26. The first-order valence-electron chi connectivity index (χ1n) is 9.60. The van der Waals surface area contributed by atoms with Gasteiger partial charge in [-0.05, 0) is 44.0 Å². The molecule has 0 spiro atoms. The third-order valence-electron chi connectivity index (χ3n) is 4.97. The van der Waals surface area contributed by atoms with Crippen LogP contribution in [0.25, 0.3) is 11.5 Å². The van der Waals surface area contributed by atoms with Gasteiger partial charge in [-0.25, -0.2) is 0 Å². The number of benzene rings is 1. The van der Waals surface area contributed by atoms with Crippen LogP contribution in [0.4, 0.5) is 0 Å². The molecule has 1 aromatic carbocycles. The molecule has 1 aliphatic carbocycles. The van der Waals surface area contributed by atoms with Crippen LogP contribution in [0, 0.1) is 0 Å². The van der Waals surface area contributed by atoms with Crippen LogP contribution in [0.2, 0.25) is 0 Å². The Hall–Kier alpha value is -2.64. The Labute approximate surface area is 176 Å². The van der Waals surface area contributed by atoms with Crippen molar-refractivity contribution < 1.29 is 14.0 Å². The van der Waals surface area contributed by atoms with Crippen LogP contribution in [0.3, 0.4) is 0 Å². The van der Waals surface area contributed by atoms with Gasteiger partial charge in [-0.1, -0.05) is 24.1 Å².